The van der Waals surface area contributed by atoms with Crippen molar-refractivity contribution < 1.29 is 4.79 Å². The van der Waals surface area contributed by atoms with Crippen LogP contribution in [-0.2, 0) is 6.54 Å². The lowest BCUT2D eigenvalue weighted by atomic mass is 10.1. The Labute approximate surface area is 195 Å². The molecule has 0 aliphatic carbocycles. The van der Waals surface area contributed by atoms with Gasteiger partial charge in [-0.2, -0.15) is 0 Å². The summed E-state index contributed by atoms with van der Waals surface area (Å²) in [6.07, 6.45) is 3.38. The second-order valence-electron chi connectivity index (χ2n) is 7.37. The molecule has 2 heterocycles. The molecule has 0 spiro atoms. The molecule has 0 radical (unpaired) electrons. The summed E-state index contributed by atoms with van der Waals surface area (Å²) >= 11 is 7.68. The molecule has 0 atom stereocenters. The third-order valence-electron chi connectivity index (χ3n) is 4.94. The second-order valence-corrected chi connectivity index (χ2v) is 9.01. The standard InChI is InChI=1S/C24H22ClN5OS/c1-14-6-7-18(9-20(14)24(31)30-19-10-21(25)23(26)29-12-19)28-11-16-4-3-5-17(8-16)22-13-27-15(2)32-22/h3-10,12-13,28H,11H2,1-2H3,(H2,26,29)(H,30,31). The molecule has 4 aromatic rings. The minimum atomic E-state index is -0.239. The zero-order valence-electron chi connectivity index (χ0n) is 17.6. The Hall–Kier alpha value is -3.42. The number of carbonyl (C=O) groups is 1. The van der Waals surface area contributed by atoms with E-state index in [1.807, 2.05) is 44.3 Å². The molecule has 4 N–H and O–H groups in total. The van der Waals surface area contributed by atoms with E-state index in [1.54, 1.807) is 17.4 Å². The number of nitrogens with two attached hydrogens (primary N) is 1. The molecule has 162 valence electrons. The Morgan fingerprint density at radius 1 is 1.06 bits per heavy atom. The molecular weight excluding hydrogens is 442 g/mol. The molecule has 6 nitrogen and oxygen atoms in total. The van der Waals surface area contributed by atoms with Crippen molar-refractivity contribution in [2.75, 3.05) is 16.4 Å². The number of anilines is 3. The van der Waals surface area contributed by atoms with Crippen molar-refractivity contribution in [2.24, 2.45) is 0 Å². The highest BCUT2D eigenvalue weighted by atomic mass is 35.5. The predicted octanol–water partition coefficient (Wildman–Crippen LogP) is 5.92. The SMILES string of the molecule is Cc1ncc(-c2cccc(CNc3ccc(C)c(C(=O)Nc4cnc(N)c(Cl)c4)c3)c2)s1. The van der Waals surface area contributed by atoms with Crippen molar-refractivity contribution in [1.82, 2.24) is 9.97 Å². The number of nitrogens with one attached hydrogen (secondary N) is 2. The Morgan fingerprint density at radius 2 is 1.91 bits per heavy atom. The monoisotopic (exact) mass is 463 g/mol. The summed E-state index contributed by atoms with van der Waals surface area (Å²) in [7, 11) is 0. The van der Waals surface area contributed by atoms with Crippen LogP contribution in [0.25, 0.3) is 10.4 Å². The first-order valence-corrected chi connectivity index (χ1v) is 11.2. The van der Waals surface area contributed by atoms with E-state index in [-0.39, 0.29) is 11.7 Å². The maximum atomic E-state index is 12.8. The Bertz CT molecular complexity index is 1290. The molecule has 4 rings (SSSR count). The van der Waals surface area contributed by atoms with Gasteiger partial charge in [0, 0.05) is 24.0 Å². The van der Waals surface area contributed by atoms with E-state index in [0.29, 0.717) is 22.8 Å². The number of pyridine rings is 1. The number of hydrogen-bond donors (Lipinski definition) is 3. The molecule has 0 aliphatic rings. The fraction of sp³-hybridized carbons (Fsp3) is 0.125. The van der Waals surface area contributed by atoms with Crippen LogP contribution < -0.4 is 16.4 Å². The topological polar surface area (TPSA) is 92.9 Å². The van der Waals surface area contributed by atoms with Gasteiger partial charge in [-0.25, -0.2) is 9.97 Å². The number of benzene rings is 2. The first-order valence-electron chi connectivity index (χ1n) is 9.97. The number of rotatable bonds is 6. The maximum Gasteiger partial charge on any atom is 0.256 e. The molecule has 2 aromatic heterocycles. The number of aryl methyl sites for hydroxylation is 2. The highest BCUT2D eigenvalue weighted by Crippen LogP contribution is 2.27. The number of nitrogens with zero attached hydrogens (tertiary/aromatic N) is 2. The summed E-state index contributed by atoms with van der Waals surface area (Å²) < 4.78 is 0. The van der Waals surface area contributed by atoms with Gasteiger partial charge < -0.3 is 16.4 Å². The molecule has 2 aromatic carbocycles. The molecule has 8 heteroatoms. The van der Waals surface area contributed by atoms with Crippen molar-refractivity contribution in [3.63, 3.8) is 0 Å². The number of aromatic nitrogens is 2. The summed E-state index contributed by atoms with van der Waals surface area (Å²) in [6.45, 7) is 4.53. The van der Waals surface area contributed by atoms with Crippen LogP contribution in [0.4, 0.5) is 17.2 Å². The van der Waals surface area contributed by atoms with Gasteiger partial charge in [-0.05, 0) is 54.8 Å². The van der Waals surface area contributed by atoms with Gasteiger partial charge in [0.15, 0.2) is 0 Å². The average molecular weight is 464 g/mol. The van der Waals surface area contributed by atoms with Gasteiger partial charge >= 0.3 is 0 Å². The van der Waals surface area contributed by atoms with E-state index in [2.05, 4.69) is 38.8 Å². The van der Waals surface area contributed by atoms with Crippen LogP contribution in [0.15, 0.2) is 60.9 Å². The number of thiazole rings is 1. The minimum absolute atomic E-state index is 0.224. The van der Waals surface area contributed by atoms with Gasteiger partial charge in [0.2, 0.25) is 0 Å². The van der Waals surface area contributed by atoms with Crippen molar-refractivity contribution >= 4 is 46.0 Å². The molecule has 32 heavy (non-hydrogen) atoms. The van der Waals surface area contributed by atoms with Gasteiger partial charge in [0.1, 0.15) is 5.82 Å². The lowest BCUT2D eigenvalue weighted by Gasteiger charge is -2.12. The highest BCUT2D eigenvalue weighted by molar-refractivity contribution is 7.15. The van der Waals surface area contributed by atoms with Gasteiger partial charge in [-0.1, -0.05) is 35.9 Å². The lowest BCUT2D eigenvalue weighted by molar-refractivity contribution is 0.102. The smallest absolute Gasteiger partial charge is 0.256 e. The van der Waals surface area contributed by atoms with E-state index < -0.39 is 0 Å². The summed E-state index contributed by atoms with van der Waals surface area (Å²) in [5, 5.41) is 7.57. The quantitative estimate of drug-likeness (QED) is 0.330. The largest absolute Gasteiger partial charge is 0.382 e. The number of nitrogen functional groups attached to an aromatic ring is 1. The van der Waals surface area contributed by atoms with Crippen LogP contribution in [-0.4, -0.2) is 15.9 Å². The molecule has 0 saturated heterocycles. The summed E-state index contributed by atoms with van der Waals surface area (Å²) in [5.41, 5.74) is 10.7. The Balaban J connectivity index is 1.47. The molecular formula is C24H22ClN5OS. The van der Waals surface area contributed by atoms with Crippen molar-refractivity contribution in [3.05, 3.63) is 87.6 Å². The third-order valence-corrected chi connectivity index (χ3v) is 6.20. The second kappa shape index (κ2) is 9.38. The zero-order chi connectivity index (χ0) is 22.7. The third kappa shape index (κ3) is 5.07. The first kappa shape index (κ1) is 21.8. The number of halogens is 1. The molecule has 1 amide bonds. The van der Waals surface area contributed by atoms with Gasteiger partial charge in [0.25, 0.3) is 5.91 Å². The molecule has 0 aliphatic heterocycles. The lowest BCUT2D eigenvalue weighted by Crippen LogP contribution is -2.14. The van der Waals surface area contributed by atoms with E-state index in [1.165, 1.54) is 6.20 Å². The van der Waals surface area contributed by atoms with Crippen LogP contribution in [0.1, 0.15) is 26.5 Å². The molecule has 0 bridgehead atoms. The predicted molar refractivity (Wildman–Crippen MR) is 132 cm³/mol. The Morgan fingerprint density at radius 3 is 2.66 bits per heavy atom. The van der Waals surface area contributed by atoms with Gasteiger partial charge in [0.05, 0.1) is 26.8 Å². The number of carbonyl (C=O) groups excluding carboxylic acids is 1. The van der Waals surface area contributed by atoms with E-state index in [9.17, 15) is 4.79 Å². The summed E-state index contributed by atoms with van der Waals surface area (Å²) in [4.78, 5) is 22.3. The number of hydrogen-bond acceptors (Lipinski definition) is 6. The molecule has 0 fully saturated rings. The van der Waals surface area contributed by atoms with Crippen LogP contribution in [0, 0.1) is 13.8 Å². The highest BCUT2D eigenvalue weighted by Gasteiger charge is 2.12. The fourth-order valence-electron chi connectivity index (χ4n) is 3.23. The van der Waals surface area contributed by atoms with Crippen LogP contribution in [0.5, 0.6) is 0 Å². The van der Waals surface area contributed by atoms with Crippen molar-refractivity contribution in [1.29, 1.82) is 0 Å². The van der Waals surface area contributed by atoms with E-state index in [0.717, 1.165) is 32.3 Å². The summed E-state index contributed by atoms with van der Waals surface area (Å²) in [6, 6.07) is 15.7. The zero-order valence-corrected chi connectivity index (χ0v) is 19.2. The van der Waals surface area contributed by atoms with E-state index in [4.69, 9.17) is 17.3 Å². The van der Waals surface area contributed by atoms with Crippen molar-refractivity contribution in [3.8, 4) is 10.4 Å². The van der Waals surface area contributed by atoms with E-state index >= 15 is 0 Å². The minimum Gasteiger partial charge on any atom is -0.382 e. The molecule has 0 saturated carbocycles. The normalized spacial score (nSPS) is 10.7. The molecule has 0 unspecified atom stereocenters. The number of amides is 1. The van der Waals surface area contributed by atoms with Crippen molar-refractivity contribution in [2.45, 2.75) is 20.4 Å². The maximum absolute atomic E-state index is 12.8. The fourth-order valence-corrected chi connectivity index (χ4v) is 4.17. The first-order chi connectivity index (χ1) is 15.4. The van der Waals surface area contributed by atoms with Crippen LogP contribution in [0.2, 0.25) is 5.02 Å². The van der Waals surface area contributed by atoms with Crippen LogP contribution >= 0.6 is 22.9 Å². The summed E-state index contributed by atoms with van der Waals surface area (Å²) in [5.74, 6) is -0.0158. The van der Waals surface area contributed by atoms with Gasteiger partial charge in [-0.15, -0.1) is 11.3 Å². The Kier molecular flexibility index (Phi) is 6.39. The van der Waals surface area contributed by atoms with Crippen LogP contribution in [0.3, 0.4) is 0 Å². The van der Waals surface area contributed by atoms with Gasteiger partial charge in [-0.3, -0.25) is 4.79 Å². The average Bonchev–Trinajstić information content (AvgIpc) is 3.22.